The molecule has 2 aromatic rings. The Bertz CT molecular complexity index is 580. The zero-order valence-corrected chi connectivity index (χ0v) is 12.8. The zero-order chi connectivity index (χ0) is 13.1. The van der Waals surface area contributed by atoms with E-state index in [9.17, 15) is 4.79 Å². The van der Waals surface area contributed by atoms with E-state index in [0.717, 1.165) is 15.9 Å². The van der Waals surface area contributed by atoms with E-state index >= 15 is 0 Å². The number of rotatable bonds is 4. The van der Waals surface area contributed by atoms with Crippen molar-refractivity contribution in [2.45, 2.75) is 19.9 Å². The van der Waals surface area contributed by atoms with E-state index in [4.69, 9.17) is 11.6 Å². The Kier molecular flexibility index (Phi) is 4.40. The molecule has 0 spiro atoms. The van der Waals surface area contributed by atoms with Gasteiger partial charge in [0.05, 0.1) is 6.42 Å². The molecule has 0 radical (unpaired) electrons. The predicted molar refractivity (Wildman–Crippen MR) is 80.1 cm³/mol. The largest absolute Gasteiger partial charge is 0.335 e. The fraction of sp³-hybridized carbons (Fsp3) is 0.231. The van der Waals surface area contributed by atoms with Crippen LogP contribution in [0, 0.1) is 3.57 Å². The molecule has 0 aliphatic carbocycles. The van der Waals surface area contributed by atoms with Gasteiger partial charge < -0.3 is 4.57 Å². The maximum atomic E-state index is 12.2. The molecule has 0 aliphatic heterocycles. The second-order valence-electron chi connectivity index (χ2n) is 3.85. The van der Waals surface area contributed by atoms with Gasteiger partial charge in [-0.2, -0.15) is 0 Å². The maximum absolute atomic E-state index is 12.2. The van der Waals surface area contributed by atoms with E-state index in [-0.39, 0.29) is 5.78 Å². The highest BCUT2D eigenvalue weighted by Gasteiger charge is 2.14. The lowest BCUT2D eigenvalue weighted by Crippen LogP contribution is -2.10. The van der Waals surface area contributed by atoms with Gasteiger partial charge in [0.15, 0.2) is 5.78 Å². The number of nitrogens with zero attached hydrogens (tertiary/aromatic N) is 2. The van der Waals surface area contributed by atoms with Gasteiger partial charge in [0.2, 0.25) is 0 Å². The maximum Gasteiger partial charge on any atom is 0.171 e. The van der Waals surface area contributed by atoms with Crippen LogP contribution in [0.1, 0.15) is 23.1 Å². The molecule has 0 saturated carbocycles. The van der Waals surface area contributed by atoms with Crippen molar-refractivity contribution in [3.63, 3.8) is 0 Å². The van der Waals surface area contributed by atoms with Gasteiger partial charge in [0, 0.05) is 33.1 Å². The second-order valence-corrected chi connectivity index (χ2v) is 5.45. The molecule has 0 aliphatic rings. The summed E-state index contributed by atoms with van der Waals surface area (Å²) < 4.78 is 2.88. The fourth-order valence-electron chi connectivity index (χ4n) is 1.75. The number of carbonyl (C=O) groups is 1. The van der Waals surface area contributed by atoms with Gasteiger partial charge in [0.25, 0.3) is 0 Å². The SMILES string of the molecule is CCn1ccnc1CC(=O)c1cc(Cl)ccc1I. The van der Waals surface area contributed by atoms with Crippen LogP contribution < -0.4 is 0 Å². The smallest absolute Gasteiger partial charge is 0.171 e. The van der Waals surface area contributed by atoms with Crippen LogP contribution in [0.3, 0.4) is 0 Å². The molecule has 1 aromatic carbocycles. The van der Waals surface area contributed by atoms with Crippen molar-refractivity contribution >= 4 is 40.0 Å². The summed E-state index contributed by atoms with van der Waals surface area (Å²) in [7, 11) is 0. The van der Waals surface area contributed by atoms with Crippen molar-refractivity contribution in [3.8, 4) is 0 Å². The molecular weight excluding hydrogens is 363 g/mol. The van der Waals surface area contributed by atoms with Crippen LogP contribution in [0.5, 0.6) is 0 Å². The summed E-state index contributed by atoms with van der Waals surface area (Å²) in [5, 5.41) is 0.581. The molecule has 2 rings (SSSR count). The van der Waals surface area contributed by atoms with Gasteiger partial charge in [-0.15, -0.1) is 0 Å². The first-order chi connectivity index (χ1) is 8.61. The van der Waals surface area contributed by atoms with Crippen LogP contribution in [-0.2, 0) is 13.0 Å². The Morgan fingerprint density at radius 2 is 2.28 bits per heavy atom. The van der Waals surface area contributed by atoms with Gasteiger partial charge in [-0.05, 0) is 47.7 Å². The fourth-order valence-corrected chi connectivity index (χ4v) is 2.55. The lowest BCUT2D eigenvalue weighted by Gasteiger charge is -2.06. The Balaban J connectivity index is 2.25. The van der Waals surface area contributed by atoms with E-state index in [1.807, 2.05) is 23.8 Å². The monoisotopic (exact) mass is 374 g/mol. The summed E-state index contributed by atoms with van der Waals surface area (Å²) in [6, 6.07) is 5.35. The molecular formula is C13H12ClIN2O. The molecule has 0 saturated heterocycles. The van der Waals surface area contributed by atoms with Crippen LogP contribution in [0.4, 0.5) is 0 Å². The Morgan fingerprint density at radius 3 is 3.00 bits per heavy atom. The summed E-state index contributed by atoms with van der Waals surface area (Å²) >= 11 is 8.07. The standard InChI is InChI=1S/C13H12ClIN2O/c1-2-17-6-5-16-13(17)8-12(18)10-7-9(14)3-4-11(10)15/h3-7H,2,8H2,1H3. The van der Waals surface area contributed by atoms with Crippen molar-refractivity contribution in [2.75, 3.05) is 0 Å². The average Bonchev–Trinajstić information content (AvgIpc) is 2.79. The van der Waals surface area contributed by atoms with Crippen LogP contribution in [-0.4, -0.2) is 15.3 Å². The minimum absolute atomic E-state index is 0.0443. The van der Waals surface area contributed by atoms with Crippen LogP contribution in [0.25, 0.3) is 0 Å². The minimum Gasteiger partial charge on any atom is -0.335 e. The average molecular weight is 375 g/mol. The van der Waals surface area contributed by atoms with Gasteiger partial charge in [-0.3, -0.25) is 4.79 Å². The molecule has 94 valence electrons. The van der Waals surface area contributed by atoms with Crippen molar-refractivity contribution < 1.29 is 4.79 Å². The van der Waals surface area contributed by atoms with Crippen LogP contribution >= 0.6 is 34.2 Å². The molecule has 0 fully saturated rings. The lowest BCUT2D eigenvalue weighted by molar-refractivity contribution is 0.0989. The Morgan fingerprint density at radius 1 is 1.50 bits per heavy atom. The quantitative estimate of drug-likeness (QED) is 0.605. The van der Waals surface area contributed by atoms with Gasteiger partial charge in [-0.1, -0.05) is 11.6 Å². The Labute approximate surface area is 124 Å². The first kappa shape index (κ1) is 13.5. The predicted octanol–water partition coefficient (Wildman–Crippen LogP) is 3.59. The van der Waals surface area contributed by atoms with Crippen molar-refractivity contribution in [1.29, 1.82) is 0 Å². The molecule has 0 bridgehead atoms. The van der Waals surface area contributed by atoms with Gasteiger partial charge >= 0.3 is 0 Å². The molecule has 1 heterocycles. The molecule has 0 N–H and O–H groups in total. The van der Waals surface area contributed by atoms with Gasteiger partial charge in [0.1, 0.15) is 5.82 Å². The number of Topliss-reactive ketones (excluding diaryl/α,β-unsaturated/α-hetero) is 1. The highest BCUT2D eigenvalue weighted by molar-refractivity contribution is 14.1. The first-order valence-corrected chi connectivity index (χ1v) is 7.05. The summed E-state index contributed by atoms with van der Waals surface area (Å²) in [6.07, 6.45) is 3.90. The third kappa shape index (κ3) is 2.92. The molecule has 3 nitrogen and oxygen atoms in total. The van der Waals surface area contributed by atoms with Crippen LogP contribution in [0.2, 0.25) is 5.02 Å². The summed E-state index contributed by atoms with van der Waals surface area (Å²) in [5.41, 5.74) is 0.661. The Hall–Kier alpha value is -0.880. The first-order valence-electron chi connectivity index (χ1n) is 5.60. The van der Waals surface area contributed by atoms with Crippen molar-refractivity contribution in [3.05, 3.63) is 50.6 Å². The van der Waals surface area contributed by atoms with Gasteiger partial charge in [-0.25, -0.2) is 4.98 Å². The molecule has 1 aromatic heterocycles. The summed E-state index contributed by atoms with van der Waals surface area (Å²) in [6.45, 7) is 2.84. The molecule has 0 atom stereocenters. The zero-order valence-electron chi connectivity index (χ0n) is 9.86. The van der Waals surface area contributed by atoms with E-state index in [2.05, 4.69) is 27.6 Å². The number of benzene rings is 1. The van der Waals surface area contributed by atoms with Crippen molar-refractivity contribution in [1.82, 2.24) is 9.55 Å². The number of carbonyl (C=O) groups excluding carboxylic acids is 1. The van der Waals surface area contributed by atoms with E-state index < -0.39 is 0 Å². The van der Waals surface area contributed by atoms with Crippen molar-refractivity contribution in [2.24, 2.45) is 0 Å². The number of imidazole rings is 1. The molecule has 0 unspecified atom stereocenters. The third-order valence-electron chi connectivity index (χ3n) is 2.69. The molecule has 18 heavy (non-hydrogen) atoms. The highest BCUT2D eigenvalue weighted by Crippen LogP contribution is 2.19. The molecule has 5 heteroatoms. The number of hydrogen-bond acceptors (Lipinski definition) is 2. The highest BCUT2D eigenvalue weighted by atomic mass is 127. The van der Waals surface area contributed by atoms with Crippen LogP contribution in [0.15, 0.2) is 30.6 Å². The number of hydrogen-bond donors (Lipinski definition) is 0. The number of aromatic nitrogens is 2. The summed E-state index contributed by atoms with van der Waals surface area (Å²) in [5.74, 6) is 0.834. The topological polar surface area (TPSA) is 34.9 Å². The van der Waals surface area contributed by atoms with E-state index in [1.165, 1.54) is 0 Å². The van der Waals surface area contributed by atoms with E-state index in [0.29, 0.717) is 17.0 Å². The minimum atomic E-state index is 0.0443. The normalized spacial score (nSPS) is 10.6. The second kappa shape index (κ2) is 5.84. The third-order valence-corrected chi connectivity index (χ3v) is 3.87. The van der Waals surface area contributed by atoms with E-state index in [1.54, 1.807) is 18.3 Å². The summed E-state index contributed by atoms with van der Waals surface area (Å²) in [4.78, 5) is 16.4. The number of ketones is 1. The lowest BCUT2D eigenvalue weighted by atomic mass is 10.1. The number of aryl methyl sites for hydroxylation is 1. The molecule has 0 amide bonds. The number of halogens is 2.